The summed E-state index contributed by atoms with van der Waals surface area (Å²) in [5, 5.41) is 2.10. The number of nitrogens with two attached hydrogens (primary N) is 1. The molecule has 3 heterocycles. The lowest BCUT2D eigenvalue weighted by Gasteiger charge is -1.93. The number of furan rings is 1. The topological polar surface area (TPSA) is 56.5 Å². The van der Waals surface area contributed by atoms with Crippen molar-refractivity contribution in [3.8, 4) is 11.5 Å². The van der Waals surface area contributed by atoms with Crippen LogP contribution in [-0.2, 0) is 6.42 Å². The molecule has 0 bridgehead atoms. The molecule has 0 saturated carbocycles. The predicted octanol–water partition coefficient (Wildman–Crippen LogP) is 2.16. The Morgan fingerprint density at radius 3 is 3.19 bits per heavy atom. The number of thiazole rings is 1. The molecular weight excluding hydrogens is 222 g/mol. The van der Waals surface area contributed by atoms with Gasteiger partial charge in [-0.3, -0.25) is 4.40 Å². The highest BCUT2D eigenvalue weighted by molar-refractivity contribution is 7.15. The molecule has 0 aromatic carbocycles. The molecule has 5 heteroatoms. The summed E-state index contributed by atoms with van der Waals surface area (Å²) in [5.41, 5.74) is 7.64. The van der Waals surface area contributed by atoms with Gasteiger partial charge in [-0.25, -0.2) is 4.98 Å². The Labute approximate surface area is 96.3 Å². The molecule has 0 saturated heterocycles. The van der Waals surface area contributed by atoms with Crippen LogP contribution in [0.4, 0.5) is 0 Å². The number of fused-ring (bicyclic) bond motifs is 1. The minimum atomic E-state index is 0.653. The van der Waals surface area contributed by atoms with Crippen molar-refractivity contribution in [2.45, 2.75) is 6.42 Å². The molecule has 0 unspecified atom stereocenters. The van der Waals surface area contributed by atoms with E-state index in [0.717, 1.165) is 22.8 Å². The fourth-order valence-electron chi connectivity index (χ4n) is 1.70. The lowest BCUT2D eigenvalue weighted by atomic mass is 10.3. The molecule has 4 nitrogen and oxygen atoms in total. The first-order valence-corrected chi connectivity index (χ1v) is 5.96. The molecule has 0 fully saturated rings. The third kappa shape index (κ3) is 1.45. The number of aromatic nitrogens is 2. The van der Waals surface area contributed by atoms with E-state index in [0.29, 0.717) is 6.54 Å². The minimum absolute atomic E-state index is 0.653. The third-order valence-corrected chi connectivity index (χ3v) is 3.35. The van der Waals surface area contributed by atoms with Crippen LogP contribution in [0.1, 0.15) is 5.69 Å². The molecule has 3 aromatic heterocycles. The Kier molecular flexibility index (Phi) is 2.27. The summed E-state index contributed by atoms with van der Waals surface area (Å²) in [6.07, 6.45) is 4.52. The van der Waals surface area contributed by atoms with Crippen LogP contribution in [0, 0.1) is 0 Å². The van der Waals surface area contributed by atoms with Crippen LogP contribution in [0.3, 0.4) is 0 Å². The van der Waals surface area contributed by atoms with E-state index in [-0.39, 0.29) is 0 Å². The largest absolute Gasteiger partial charge is 0.463 e. The van der Waals surface area contributed by atoms with Crippen LogP contribution < -0.4 is 5.73 Å². The van der Waals surface area contributed by atoms with E-state index < -0.39 is 0 Å². The Morgan fingerprint density at radius 1 is 1.50 bits per heavy atom. The summed E-state index contributed by atoms with van der Waals surface area (Å²) in [5.74, 6) is 0.801. The molecule has 0 spiro atoms. The Hall–Kier alpha value is -1.59. The SMILES string of the molecule is NCCc1csc2nc(-c3ccco3)cn12. The molecule has 82 valence electrons. The van der Waals surface area contributed by atoms with Crippen molar-refractivity contribution in [3.63, 3.8) is 0 Å². The van der Waals surface area contributed by atoms with Crippen LogP contribution in [0.5, 0.6) is 0 Å². The van der Waals surface area contributed by atoms with E-state index >= 15 is 0 Å². The van der Waals surface area contributed by atoms with Gasteiger partial charge in [-0.1, -0.05) is 0 Å². The highest BCUT2D eigenvalue weighted by atomic mass is 32.1. The van der Waals surface area contributed by atoms with Gasteiger partial charge < -0.3 is 10.2 Å². The second-order valence-electron chi connectivity index (χ2n) is 3.52. The van der Waals surface area contributed by atoms with Gasteiger partial charge in [0.25, 0.3) is 0 Å². The molecule has 3 aromatic rings. The number of hydrogen-bond acceptors (Lipinski definition) is 4. The first-order chi connectivity index (χ1) is 7.88. The predicted molar refractivity (Wildman–Crippen MR) is 63.5 cm³/mol. The van der Waals surface area contributed by atoms with Crippen molar-refractivity contribution in [1.82, 2.24) is 9.38 Å². The number of rotatable bonds is 3. The van der Waals surface area contributed by atoms with Gasteiger partial charge >= 0.3 is 0 Å². The Bertz CT molecular complexity index is 594. The van der Waals surface area contributed by atoms with Crippen LogP contribution in [-0.4, -0.2) is 15.9 Å². The quantitative estimate of drug-likeness (QED) is 0.754. The zero-order chi connectivity index (χ0) is 11.0. The lowest BCUT2D eigenvalue weighted by Crippen LogP contribution is -2.04. The maximum atomic E-state index is 5.56. The minimum Gasteiger partial charge on any atom is -0.463 e. The van der Waals surface area contributed by atoms with Crippen LogP contribution in [0.15, 0.2) is 34.4 Å². The van der Waals surface area contributed by atoms with E-state index in [1.807, 2.05) is 18.3 Å². The van der Waals surface area contributed by atoms with E-state index in [9.17, 15) is 0 Å². The van der Waals surface area contributed by atoms with Gasteiger partial charge in [0, 0.05) is 23.7 Å². The van der Waals surface area contributed by atoms with Crippen LogP contribution in [0.25, 0.3) is 16.4 Å². The van der Waals surface area contributed by atoms with Crippen molar-refractivity contribution in [2.75, 3.05) is 6.54 Å². The summed E-state index contributed by atoms with van der Waals surface area (Å²) < 4.78 is 7.40. The van der Waals surface area contributed by atoms with Gasteiger partial charge in [0.05, 0.1) is 6.26 Å². The van der Waals surface area contributed by atoms with E-state index in [1.54, 1.807) is 17.6 Å². The molecule has 0 radical (unpaired) electrons. The first kappa shape index (κ1) is 9.62. The standard InChI is InChI=1S/C11H11N3OS/c12-4-3-8-7-16-11-13-9(6-14(8)11)10-2-1-5-15-10/h1-2,5-7H,3-4,12H2. The Morgan fingerprint density at radius 2 is 2.44 bits per heavy atom. The summed E-state index contributed by atoms with van der Waals surface area (Å²) >= 11 is 1.63. The fraction of sp³-hybridized carbons (Fsp3) is 0.182. The monoisotopic (exact) mass is 233 g/mol. The van der Waals surface area contributed by atoms with Gasteiger partial charge in [0.1, 0.15) is 5.69 Å². The molecule has 0 aliphatic rings. The second-order valence-corrected chi connectivity index (χ2v) is 4.36. The summed E-state index contributed by atoms with van der Waals surface area (Å²) in [7, 11) is 0. The van der Waals surface area contributed by atoms with Crippen molar-refractivity contribution in [2.24, 2.45) is 5.73 Å². The van der Waals surface area contributed by atoms with Gasteiger partial charge in [-0.2, -0.15) is 0 Å². The smallest absolute Gasteiger partial charge is 0.194 e. The molecule has 0 aliphatic carbocycles. The molecule has 0 amide bonds. The summed E-state index contributed by atoms with van der Waals surface area (Å²) in [6, 6.07) is 3.78. The highest BCUT2D eigenvalue weighted by Gasteiger charge is 2.10. The zero-order valence-electron chi connectivity index (χ0n) is 8.59. The van der Waals surface area contributed by atoms with Crippen molar-refractivity contribution < 1.29 is 4.42 Å². The molecule has 3 rings (SSSR count). The van der Waals surface area contributed by atoms with Crippen LogP contribution in [0.2, 0.25) is 0 Å². The average molecular weight is 233 g/mol. The van der Waals surface area contributed by atoms with Crippen molar-refractivity contribution in [1.29, 1.82) is 0 Å². The fourth-order valence-corrected chi connectivity index (χ4v) is 2.61. The normalized spacial score (nSPS) is 11.3. The summed E-state index contributed by atoms with van der Waals surface area (Å²) in [6.45, 7) is 0.653. The molecule has 0 aliphatic heterocycles. The van der Waals surface area contributed by atoms with Gasteiger partial charge in [-0.05, 0) is 18.7 Å². The van der Waals surface area contributed by atoms with Crippen molar-refractivity contribution in [3.05, 3.63) is 35.7 Å². The maximum absolute atomic E-state index is 5.56. The Balaban J connectivity index is 2.09. The van der Waals surface area contributed by atoms with E-state index in [2.05, 4.69) is 14.8 Å². The molecular formula is C11H11N3OS. The summed E-state index contributed by atoms with van der Waals surface area (Å²) in [4.78, 5) is 5.49. The highest BCUT2D eigenvalue weighted by Crippen LogP contribution is 2.23. The first-order valence-electron chi connectivity index (χ1n) is 5.08. The van der Waals surface area contributed by atoms with Gasteiger partial charge in [0.15, 0.2) is 10.7 Å². The number of nitrogens with zero attached hydrogens (tertiary/aromatic N) is 2. The lowest BCUT2D eigenvalue weighted by molar-refractivity contribution is 0.580. The average Bonchev–Trinajstić information content (AvgIpc) is 2.93. The number of hydrogen-bond donors (Lipinski definition) is 1. The van der Waals surface area contributed by atoms with E-state index in [1.165, 1.54) is 5.69 Å². The molecule has 0 atom stereocenters. The molecule has 2 N–H and O–H groups in total. The maximum Gasteiger partial charge on any atom is 0.194 e. The molecule has 16 heavy (non-hydrogen) atoms. The van der Waals surface area contributed by atoms with Crippen LogP contribution >= 0.6 is 11.3 Å². The third-order valence-electron chi connectivity index (χ3n) is 2.46. The van der Waals surface area contributed by atoms with Gasteiger partial charge in [-0.15, -0.1) is 11.3 Å². The van der Waals surface area contributed by atoms with Crippen molar-refractivity contribution >= 4 is 16.3 Å². The van der Waals surface area contributed by atoms with Gasteiger partial charge in [0.2, 0.25) is 0 Å². The number of imidazole rings is 1. The second kappa shape index (κ2) is 3.77. The van der Waals surface area contributed by atoms with E-state index in [4.69, 9.17) is 10.2 Å². The zero-order valence-corrected chi connectivity index (χ0v) is 9.41.